The van der Waals surface area contributed by atoms with E-state index in [0.717, 1.165) is 24.2 Å². The Morgan fingerprint density at radius 2 is 1.96 bits per heavy atom. The van der Waals surface area contributed by atoms with E-state index in [2.05, 4.69) is 32.9 Å². The maximum atomic E-state index is 10.9. The molecule has 144 valence electrons. The number of hydrogen-bond donors (Lipinski definition) is 2. The summed E-state index contributed by atoms with van der Waals surface area (Å²) in [6.45, 7) is 1.18. The summed E-state index contributed by atoms with van der Waals surface area (Å²) >= 11 is 0. The Labute approximate surface area is 163 Å². The minimum Gasteiger partial charge on any atom is -0.356 e. The SMILES string of the molecule is CN=C(NCCc1ccc(-n2cccn2)cc1)NCc1cccc([N+](=O)[O-])c1. The number of aromatic nitrogens is 2. The van der Waals surface area contributed by atoms with Crippen molar-refractivity contribution < 1.29 is 4.92 Å². The highest BCUT2D eigenvalue weighted by molar-refractivity contribution is 5.79. The van der Waals surface area contributed by atoms with Crippen LogP contribution in [0.1, 0.15) is 11.1 Å². The third kappa shape index (κ3) is 5.16. The third-order valence-electron chi connectivity index (χ3n) is 4.22. The first-order chi connectivity index (χ1) is 13.7. The highest BCUT2D eigenvalue weighted by Crippen LogP contribution is 2.12. The van der Waals surface area contributed by atoms with Gasteiger partial charge in [-0.25, -0.2) is 4.68 Å². The molecule has 3 rings (SSSR count). The van der Waals surface area contributed by atoms with Crippen LogP contribution in [-0.4, -0.2) is 34.3 Å². The van der Waals surface area contributed by atoms with Gasteiger partial charge in [-0.2, -0.15) is 5.10 Å². The predicted octanol–water partition coefficient (Wildman–Crippen LogP) is 2.69. The molecule has 0 aliphatic carbocycles. The largest absolute Gasteiger partial charge is 0.356 e. The zero-order chi connectivity index (χ0) is 19.8. The summed E-state index contributed by atoms with van der Waals surface area (Å²) in [6.07, 6.45) is 4.51. The van der Waals surface area contributed by atoms with Gasteiger partial charge in [0.15, 0.2) is 5.96 Å². The second-order valence-corrected chi connectivity index (χ2v) is 6.15. The van der Waals surface area contributed by atoms with Gasteiger partial charge in [-0.05, 0) is 35.7 Å². The third-order valence-corrected chi connectivity index (χ3v) is 4.22. The fraction of sp³-hybridized carbons (Fsp3) is 0.200. The van der Waals surface area contributed by atoms with E-state index in [1.54, 1.807) is 25.4 Å². The molecule has 8 heteroatoms. The lowest BCUT2D eigenvalue weighted by Gasteiger charge is -2.12. The average molecular weight is 378 g/mol. The second kappa shape index (κ2) is 9.31. The van der Waals surface area contributed by atoms with Gasteiger partial charge in [0.05, 0.1) is 10.6 Å². The van der Waals surface area contributed by atoms with Crippen molar-refractivity contribution in [2.24, 2.45) is 4.99 Å². The van der Waals surface area contributed by atoms with Crippen LogP contribution in [0.15, 0.2) is 72.0 Å². The van der Waals surface area contributed by atoms with Crippen LogP contribution in [0.2, 0.25) is 0 Å². The Kier molecular flexibility index (Phi) is 6.35. The van der Waals surface area contributed by atoms with Crippen LogP contribution in [0, 0.1) is 10.1 Å². The number of non-ortho nitro benzene ring substituents is 1. The molecule has 3 aromatic rings. The van der Waals surface area contributed by atoms with E-state index in [0.29, 0.717) is 12.5 Å². The van der Waals surface area contributed by atoms with Crippen LogP contribution >= 0.6 is 0 Å². The fourth-order valence-corrected chi connectivity index (χ4v) is 2.75. The van der Waals surface area contributed by atoms with Crippen LogP contribution in [-0.2, 0) is 13.0 Å². The number of nitro benzene ring substituents is 1. The molecule has 0 amide bonds. The molecule has 0 radical (unpaired) electrons. The Bertz CT molecular complexity index is 936. The van der Waals surface area contributed by atoms with Gasteiger partial charge < -0.3 is 10.6 Å². The van der Waals surface area contributed by atoms with E-state index in [1.165, 1.54) is 11.6 Å². The Balaban J connectivity index is 1.46. The van der Waals surface area contributed by atoms with Gasteiger partial charge in [-0.15, -0.1) is 0 Å². The van der Waals surface area contributed by atoms with Crippen molar-refractivity contribution in [3.05, 3.63) is 88.2 Å². The van der Waals surface area contributed by atoms with Crippen molar-refractivity contribution in [2.45, 2.75) is 13.0 Å². The molecular weight excluding hydrogens is 356 g/mol. The minimum absolute atomic E-state index is 0.0841. The van der Waals surface area contributed by atoms with Crippen LogP contribution in [0.25, 0.3) is 5.69 Å². The Hall–Kier alpha value is -3.68. The first-order valence-corrected chi connectivity index (χ1v) is 8.92. The van der Waals surface area contributed by atoms with Gasteiger partial charge in [0, 0.05) is 44.7 Å². The molecule has 0 fully saturated rings. The van der Waals surface area contributed by atoms with Crippen molar-refractivity contribution in [1.82, 2.24) is 20.4 Å². The fourth-order valence-electron chi connectivity index (χ4n) is 2.75. The molecule has 1 aromatic heterocycles. The van der Waals surface area contributed by atoms with Gasteiger partial charge >= 0.3 is 0 Å². The number of hydrogen-bond acceptors (Lipinski definition) is 4. The van der Waals surface area contributed by atoms with Gasteiger partial charge in [0.2, 0.25) is 0 Å². The van der Waals surface area contributed by atoms with E-state index < -0.39 is 4.92 Å². The van der Waals surface area contributed by atoms with E-state index in [1.807, 2.05) is 35.1 Å². The average Bonchev–Trinajstić information content (AvgIpc) is 3.26. The summed E-state index contributed by atoms with van der Waals surface area (Å²) in [6, 6.07) is 16.7. The first kappa shape index (κ1) is 19.1. The lowest BCUT2D eigenvalue weighted by Crippen LogP contribution is -2.37. The van der Waals surface area contributed by atoms with Gasteiger partial charge in [-0.1, -0.05) is 24.3 Å². The summed E-state index contributed by atoms with van der Waals surface area (Å²) in [7, 11) is 1.70. The molecular formula is C20H22N6O2. The van der Waals surface area contributed by atoms with Gasteiger partial charge in [0.25, 0.3) is 5.69 Å². The van der Waals surface area contributed by atoms with Crippen LogP contribution in [0.4, 0.5) is 5.69 Å². The van der Waals surface area contributed by atoms with Crippen LogP contribution < -0.4 is 10.6 Å². The molecule has 0 saturated heterocycles. The quantitative estimate of drug-likeness (QED) is 0.285. The lowest BCUT2D eigenvalue weighted by atomic mass is 10.1. The monoisotopic (exact) mass is 378 g/mol. The van der Waals surface area contributed by atoms with Crippen molar-refractivity contribution >= 4 is 11.6 Å². The highest BCUT2D eigenvalue weighted by Gasteiger charge is 2.06. The molecule has 28 heavy (non-hydrogen) atoms. The van der Waals surface area contributed by atoms with Gasteiger partial charge in [-0.3, -0.25) is 15.1 Å². The molecule has 2 aromatic carbocycles. The Morgan fingerprint density at radius 1 is 1.14 bits per heavy atom. The smallest absolute Gasteiger partial charge is 0.269 e. The maximum absolute atomic E-state index is 10.9. The van der Waals surface area contributed by atoms with Crippen molar-refractivity contribution in [3.8, 4) is 5.69 Å². The highest BCUT2D eigenvalue weighted by atomic mass is 16.6. The number of guanidine groups is 1. The van der Waals surface area contributed by atoms with Crippen molar-refractivity contribution in [3.63, 3.8) is 0 Å². The number of aliphatic imine (C=N–C) groups is 1. The van der Waals surface area contributed by atoms with E-state index in [-0.39, 0.29) is 5.69 Å². The number of benzene rings is 2. The molecule has 0 aliphatic heterocycles. The lowest BCUT2D eigenvalue weighted by molar-refractivity contribution is -0.384. The summed E-state index contributed by atoms with van der Waals surface area (Å²) in [5, 5.41) is 21.5. The zero-order valence-electron chi connectivity index (χ0n) is 15.6. The predicted molar refractivity (Wildman–Crippen MR) is 109 cm³/mol. The molecule has 2 N–H and O–H groups in total. The summed E-state index contributed by atoms with van der Waals surface area (Å²) < 4.78 is 1.82. The first-order valence-electron chi connectivity index (χ1n) is 8.92. The Morgan fingerprint density at radius 3 is 2.64 bits per heavy atom. The van der Waals surface area contributed by atoms with E-state index in [9.17, 15) is 10.1 Å². The molecule has 8 nitrogen and oxygen atoms in total. The molecule has 0 spiro atoms. The molecule has 0 atom stereocenters. The zero-order valence-corrected chi connectivity index (χ0v) is 15.6. The molecule has 1 heterocycles. The van der Waals surface area contributed by atoms with Crippen molar-refractivity contribution in [2.75, 3.05) is 13.6 Å². The summed E-state index contributed by atoms with van der Waals surface area (Å²) in [5.74, 6) is 0.652. The molecule has 0 unspecified atom stereocenters. The minimum atomic E-state index is -0.395. The number of rotatable bonds is 7. The van der Waals surface area contributed by atoms with Gasteiger partial charge in [0.1, 0.15) is 0 Å². The second-order valence-electron chi connectivity index (χ2n) is 6.15. The van der Waals surface area contributed by atoms with E-state index >= 15 is 0 Å². The summed E-state index contributed by atoms with van der Waals surface area (Å²) in [4.78, 5) is 14.6. The molecule has 0 aliphatic rings. The normalized spacial score (nSPS) is 11.2. The van der Waals surface area contributed by atoms with Crippen LogP contribution in [0.5, 0.6) is 0 Å². The topological polar surface area (TPSA) is 97.4 Å². The van der Waals surface area contributed by atoms with E-state index in [4.69, 9.17) is 0 Å². The molecule has 0 saturated carbocycles. The van der Waals surface area contributed by atoms with Crippen molar-refractivity contribution in [1.29, 1.82) is 0 Å². The number of nitro groups is 1. The van der Waals surface area contributed by atoms with Crippen LogP contribution in [0.3, 0.4) is 0 Å². The number of nitrogens with one attached hydrogen (secondary N) is 2. The summed E-state index contributed by atoms with van der Waals surface area (Å²) in [5.41, 5.74) is 3.14. The maximum Gasteiger partial charge on any atom is 0.269 e. The number of nitrogens with zero attached hydrogens (tertiary/aromatic N) is 4. The molecule has 0 bridgehead atoms. The standard InChI is InChI=1S/C20H22N6O2/c1-21-20(23-15-17-4-2-5-19(14-17)26(27)28)22-12-10-16-6-8-18(9-7-16)25-13-3-11-24-25/h2-9,11,13-14H,10,12,15H2,1H3,(H2,21,22,23).